The van der Waals surface area contributed by atoms with Gasteiger partial charge in [0.1, 0.15) is 5.75 Å². The largest absolute Gasteiger partial charge is 0.493 e. The molecule has 5 rings (SSSR count). The van der Waals surface area contributed by atoms with Crippen LogP contribution in [0.4, 0.5) is 13.2 Å². The number of nitrogens with two attached hydrogens (primary N) is 1. The Morgan fingerprint density at radius 3 is 2.55 bits per heavy atom. The first-order chi connectivity index (χ1) is 15.9. The molecule has 172 valence electrons. The molecule has 2 atom stereocenters. The van der Waals surface area contributed by atoms with E-state index < -0.39 is 11.7 Å². The number of piperidine rings is 1. The minimum absolute atomic E-state index is 0.0584. The van der Waals surface area contributed by atoms with Gasteiger partial charge in [-0.05, 0) is 71.2 Å². The quantitative estimate of drug-likeness (QED) is 0.481. The highest BCUT2D eigenvalue weighted by atomic mass is 19.4. The van der Waals surface area contributed by atoms with Gasteiger partial charge in [0.2, 0.25) is 0 Å². The van der Waals surface area contributed by atoms with E-state index >= 15 is 0 Å². The molecule has 6 heteroatoms. The van der Waals surface area contributed by atoms with Gasteiger partial charge in [0.25, 0.3) is 0 Å². The van der Waals surface area contributed by atoms with Gasteiger partial charge in [0.05, 0.1) is 18.2 Å². The number of alkyl halides is 3. The minimum Gasteiger partial charge on any atom is -0.493 e. The monoisotopic (exact) mass is 452 g/mol. The summed E-state index contributed by atoms with van der Waals surface area (Å²) in [6.45, 7) is 1.38. The van der Waals surface area contributed by atoms with E-state index in [-0.39, 0.29) is 17.5 Å². The fourth-order valence-electron chi connectivity index (χ4n) is 5.39. The maximum Gasteiger partial charge on any atom is 0.417 e. The molecule has 0 bridgehead atoms. The fourth-order valence-corrected chi connectivity index (χ4v) is 5.39. The van der Waals surface area contributed by atoms with Crippen molar-refractivity contribution in [3.8, 4) is 16.9 Å². The lowest BCUT2D eigenvalue weighted by atomic mass is 9.80. The molecule has 0 amide bonds. The fraction of sp³-hybridized carbons (Fsp3) is 0.333. The summed E-state index contributed by atoms with van der Waals surface area (Å²) in [4.78, 5) is 0. The number of fused-ring (bicyclic) bond motifs is 1. The zero-order valence-corrected chi connectivity index (χ0v) is 18.3. The first-order valence-corrected chi connectivity index (χ1v) is 11.4. The van der Waals surface area contributed by atoms with Gasteiger partial charge in [-0.2, -0.15) is 13.2 Å². The summed E-state index contributed by atoms with van der Waals surface area (Å²) < 4.78 is 47.1. The van der Waals surface area contributed by atoms with E-state index in [9.17, 15) is 13.2 Å². The van der Waals surface area contributed by atoms with E-state index in [1.54, 1.807) is 12.1 Å². The molecule has 2 N–H and O–H groups in total. The predicted molar refractivity (Wildman–Crippen MR) is 123 cm³/mol. The third-order valence-electron chi connectivity index (χ3n) is 6.82. The lowest BCUT2D eigenvalue weighted by molar-refractivity contribution is -0.137. The van der Waals surface area contributed by atoms with Gasteiger partial charge < -0.3 is 4.74 Å². The van der Waals surface area contributed by atoms with Gasteiger partial charge in [-0.1, -0.05) is 48.5 Å². The number of benzene rings is 3. The first kappa shape index (κ1) is 22.0. The molecule has 33 heavy (non-hydrogen) atoms. The Morgan fingerprint density at radius 1 is 1.00 bits per heavy atom. The SMILES string of the molecule is NN1CCC[C@@H](Cc2cc(-c3ccccc3C(F)(F)F)cc3c2OCC3)[C@H]1c1ccccc1. The standard InChI is InChI=1S/C27H27F3N2O/c28-27(29,30)24-11-5-4-10-23(24)21-16-20-12-14-33-26(20)22(17-21)15-19-9-6-13-32(31)25(19)18-7-2-1-3-8-18/h1-5,7-8,10-11,16-17,19,25H,6,9,12-15,31H2/t19-,25+/m0/s1. The Balaban J connectivity index is 1.55. The number of hydrogen-bond acceptors (Lipinski definition) is 3. The molecular formula is C27H27F3N2O. The molecule has 0 aromatic heterocycles. The summed E-state index contributed by atoms with van der Waals surface area (Å²) in [5.74, 6) is 7.51. The van der Waals surface area contributed by atoms with Gasteiger partial charge >= 0.3 is 6.18 Å². The van der Waals surface area contributed by atoms with Gasteiger partial charge in [0.15, 0.2) is 0 Å². The second kappa shape index (κ2) is 8.84. The van der Waals surface area contributed by atoms with Crippen molar-refractivity contribution in [3.05, 3.63) is 89.0 Å². The summed E-state index contributed by atoms with van der Waals surface area (Å²) >= 11 is 0. The normalized spacial score (nSPS) is 21.0. The van der Waals surface area contributed by atoms with Crippen LogP contribution in [0.3, 0.4) is 0 Å². The van der Waals surface area contributed by atoms with Crippen molar-refractivity contribution in [1.82, 2.24) is 5.01 Å². The Hall–Kier alpha value is -2.83. The van der Waals surface area contributed by atoms with Crippen LogP contribution < -0.4 is 10.6 Å². The van der Waals surface area contributed by atoms with Crippen molar-refractivity contribution in [1.29, 1.82) is 0 Å². The molecule has 0 unspecified atom stereocenters. The minimum atomic E-state index is -4.41. The molecule has 2 aliphatic rings. The van der Waals surface area contributed by atoms with Crippen LogP contribution in [0.15, 0.2) is 66.7 Å². The van der Waals surface area contributed by atoms with Crippen molar-refractivity contribution in [2.75, 3.05) is 13.2 Å². The maximum absolute atomic E-state index is 13.7. The smallest absolute Gasteiger partial charge is 0.417 e. The third kappa shape index (κ3) is 4.37. The van der Waals surface area contributed by atoms with E-state index in [0.29, 0.717) is 25.0 Å². The van der Waals surface area contributed by atoms with E-state index in [1.165, 1.54) is 11.6 Å². The number of hydrazine groups is 1. The van der Waals surface area contributed by atoms with Crippen LogP contribution >= 0.6 is 0 Å². The van der Waals surface area contributed by atoms with Crippen LogP contribution in [0.1, 0.15) is 41.1 Å². The molecular weight excluding hydrogens is 425 g/mol. The van der Waals surface area contributed by atoms with Crippen molar-refractivity contribution < 1.29 is 17.9 Å². The number of halogens is 3. The predicted octanol–water partition coefficient (Wildman–Crippen LogP) is 6.18. The van der Waals surface area contributed by atoms with Crippen LogP contribution in [0, 0.1) is 5.92 Å². The molecule has 0 radical (unpaired) electrons. The molecule has 2 aliphatic heterocycles. The topological polar surface area (TPSA) is 38.5 Å². The second-order valence-corrected chi connectivity index (χ2v) is 8.97. The highest BCUT2D eigenvalue weighted by Gasteiger charge is 2.35. The molecule has 0 aliphatic carbocycles. The molecule has 3 nitrogen and oxygen atoms in total. The Morgan fingerprint density at radius 2 is 1.76 bits per heavy atom. The third-order valence-corrected chi connectivity index (χ3v) is 6.82. The Kier molecular flexibility index (Phi) is 5.89. The van der Waals surface area contributed by atoms with Gasteiger partial charge in [-0.3, -0.25) is 5.84 Å². The molecule has 3 aromatic carbocycles. The lowest BCUT2D eigenvalue weighted by Crippen LogP contribution is -2.44. The highest BCUT2D eigenvalue weighted by molar-refractivity contribution is 5.71. The van der Waals surface area contributed by atoms with Gasteiger partial charge in [-0.25, -0.2) is 5.01 Å². The first-order valence-electron chi connectivity index (χ1n) is 11.4. The van der Waals surface area contributed by atoms with Crippen molar-refractivity contribution >= 4 is 0 Å². The number of rotatable bonds is 4. The van der Waals surface area contributed by atoms with Crippen LogP contribution in [0.5, 0.6) is 5.75 Å². The Bertz CT molecular complexity index is 1130. The zero-order chi connectivity index (χ0) is 23.0. The summed E-state index contributed by atoms with van der Waals surface area (Å²) in [6.07, 6.45) is -0.999. The van der Waals surface area contributed by atoms with Gasteiger partial charge in [-0.15, -0.1) is 0 Å². The molecule has 1 saturated heterocycles. The number of hydrogen-bond donors (Lipinski definition) is 1. The summed E-state index contributed by atoms with van der Waals surface area (Å²) in [5, 5.41) is 1.91. The van der Waals surface area contributed by atoms with Crippen molar-refractivity contribution in [2.24, 2.45) is 11.8 Å². The van der Waals surface area contributed by atoms with E-state index in [2.05, 4.69) is 12.1 Å². The van der Waals surface area contributed by atoms with Gasteiger partial charge in [0, 0.05) is 13.0 Å². The van der Waals surface area contributed by atoms with Crippen LogP contribution in [0.2, 0.25) is 0 Å². The molecule has 0 spiro atoms. The van der Waals surface area contributed by atoms with E-state index in [1.807, 2.05) is 35.3 Å². The number of nitrogens with zero attached hydrogens (tertiary/aromatic N) is 1. The molecule has 0 saturated carbocycles. The highest BCUT2D eigenvalue weighted by Crippen LogP contribution is 2.43. The van der Waals surface area contributed by atoms with E-state index in [0.717, 1.165) is 42.3 Å². The molecule has 2 heterocycles. The average Bonchev–Trinajstić information content (AvgIpc) is 3.28. The average molecular weight is 453 g/mol. The van der Waals surface area contributed by atoms with Crippen molar-refractivity contribution in [2.45, 2.75) is 37.9 Å². The number of ether oxygens (including phenoxy) is 1. The summed E-state index contributed by atoms with van der Waals surface area (Å²) in [7, 11) is 0. The lowest BCUT2D eigenvalue weighted by Gasteiger charge is -2.39. The second-order valence-electron chi connectivity index (χ2n) is 8.97. The maximum atomic E-state index is 13.7. The van der Waals surface area contributed by atoms with Crippen LogP contribution in [-0.2, 0) is 19.0 Å². The summed E-state index contributed by atoms with van der Waals surface area (Å²) in [5.41, 5.74) is 3.32. The summed E-state index contributed by atoms with van der Waals surface area (Å²) in [6, 6.07) is 19.8. The zero-order valence-electron chi connectivity index (χ0n) is 18.3. The van der Waals surface area contributed by atoms with Crippen molar-refractivity contribution in [3.63, 3.8) is 0 Å². The van der Waals surface area contributed by atoms with Crippen LogP contribution in [0.25, 0.3) is 11.1 Å². The molecule has 1 fully saturated rings. The van der Waals surface area contributed by atoms with E-state index in [4.69, 9.17) is 10.6 Å². The molecule has 3 aromatic rings. The van der Waals surface area contributed by atoms with Crippen LogP contribution in [-0.4, -0.2) is 18.2 Å². The Labute approximate surface area is 191 Å².